The molecule has 1 atom stereocenters. The molecule has 0 fully saturated rings. The Bertz CT molecular complexity index is 1640. The lowest BCUT2D eigenvalue weighted by Gasteiger charge is -2.16. The molecule has 0 aliphatic rings. The molecule has 0 amide bonds. The number of nitrogens with zero attached hydrogens (tertiary/aromatic N) is 3. The van der Waals surface area contributed by atoms with E-state index in [-0.39, 0.29) is 28.3 Å². The molecule has 4 aromatic rings. The summed E-state index contributed by atoms with van der Waals surface area (Å²) in [6.07, 6.45) is -4.17. The lowest BCUT2D eigenvalue weighted by molar-refractivity contribution is -0.148. The lowest BCUT2D eigenvalue weighted by atomic mass is 10.1. The van der Waals surface area contributed by atoms with E-state index < -0.39 is 29.4 Å². The smallest absolute Gasteiger partial charge is 0.416 e. The van der Waals surface area contributed by atoms with Crippen LogP contribution in [0.15, 0.2) is 75.0 Å². The minimum Gasteiger partial charge on any atom is -0.493 e. The molecule has 39 heavy (non-hydrogen) atoms. The van der Waals surface area contributed by atoms with Gasteiger partial charge in [-0.1, -0.05) is 24.3 Å². The number of esters is 1. The van der Waals surface area contributed by atoms with Crippen molar-refractivity contribution in [3.8, 4) is 22.9 Å². The Morgan fingerprint density at radius 2 is 1.82 bits per heavy atom. The molecule has 0 bridgehead atoms. The number of methoxy groups -OCH3 is 2. The summed E-state index contributed by atoms with van der Waals surface area (Å²) < 4.78 is 57.3. The molecule has 0 unspecified atom stereocenters. The van der Waals surface area contributed by atoms with Gasteiger partial charge in [0.1, 0.15) is 0 Å². The monoisotopic (exact) mass is 603 g/mol. The van der Waals surface area contributed by atoms with Gasteiger partial charge in [-0.15, -0.1) is 0 Å². The number of ether oxygens (including phenoxy) is 3. The highest BCUT2D eigenvalue weighted by molar-refractivity contribution is 9.10. The number of para-hydroxylation sites is 1. The van der Waals surface area contributed by atoms with Crippen LogP contribution >= 0.6 is 15.9 Å². The fourth-order valence-corrected chi connectivity index (χ4v) is 4.10. The van der Waals surface area contributed by atoms with E-state index in [2.05, 4.69) is 30.8 Å². The van der Waals surface area contributed by atoms with Crippen molar-refractivity contribution in [2.75, 3.05) is 14.2 Å². The summed E-state index contributed by atoms with van der Waals surface area (Å²) in [5.41, 5.74) is -0.645. The van der Waals surface area contributed by atoms with Gasteiger partial charge in [-0.3, -0.25) is 4.79 Å². The highest BCUT2D eigenvalue weighted by Gasteiger charge is 2.31. The van der Waals surface area contributed by atoms with Crippen LogP contribution in [0.4, 0.5) is 13.2 Å². The summed E-state index contributed by atoms with van der Waals surface area (Å²) in [5, 5.41) is 4.54. The predicted molar refractivity (Wildman–Crippen MR) is 142 cm³/mol. The fraction of sp³-hybridized carbons (Fsp3) is 0.185. The standard InChI is InChI=1S/C27H21BrF3N3O5/c1-15(26(36)38-3)39-23-13-20(28)17(12-22(23)37-2)14-32-34-24(16-7-6-8-18(11-16)27(29,30)31)33-21-10-5-4-9-19(21)25(34)35/h4-15H,1-3H3/t15-/m1/s1. The number of fused-ring (bicyclic) bond motifs is 1. The topological polar surface area (TPSA) is 92.0 Å². The van der Waals surface area contributed by atoms with Crippen molar-refractivity contribution in [2.24, 2.45) is 5.10 Å². The van der Waals surface area contributed by atoms with E-state index in [9.17, 15) is 22.8 Å². The van der Waals surface area contributed by atoms with Crippen LogP contribution in [0.25, 0.3) is 22.3 Å². The van der Waals surface area contributed by atoms with E-state index in [1.165, 1.54) is 39.5 Å². The van der Waals surface area contributed by atoms with Crippen LogP contribution in [0.2, 0.25) is 0 Å². The quantitative estimate of drug-likeness (QED) is 0.199. The van der Waals surface area contributed by atoms with Gasteiger partial charge in [0.2, 0.25) is 0 Å². The van der Waals surface area contributed by atoms with Crippen LogP contribution in [0.5, 0.6) is 11.5 Å². The summed E-state index contributed by atoms with van der Waals surface area (Å²) >= 11 is 3.41. The predicted octanol–water partition coefficient (Wildman–Crippen LogP) is 5.68. The zero-order valence-corrected chi connectivity index (χ0v) is 22.4. The molecule has 0 aliphatic carbocycles. The molecular formula is C27H21BrF3N3O5. The highest BCUT2D eigenvalue weighted by Crippen LogP contribution is 2.34. The van der Waals surface area contributed by atoms with E-state index in [4.69, 9.17) is 9.47 Å². The number of aromatic nitrogens is 2. The molecule has 0 aliphatic heterocycles. The fourth-order valence-electron chi connectivity index (χ4n) is 3.68. The van der Waals surface area contributed by atoms with Crippen molar-refractivity contribution in [3.63, 3.8) is 0 Å². The molecule has 1 heterocycles. The molecule has 0 radical (unpaired) electrons. The maximum Gasteiger partial charge on any atom is 0.416 e. The van der Waals surface area contributed by atoms with Crippen molar-refractivity contribution in [1.82, 2.24) is 9.66 Å². The second-order valence-electron chi connectivity index (χ2n) is 8.20. The Balaban J connectivity index is 1.83. The highest BCUT2D eigenvalue weighted by atomic mass is 79.9. The van der Waals surface area contributed by atoms with E-state index in [1.54, 1.807) is 36.4 Å². The summed E-state index contributed by atoms with van der Waals surface area (Å²) in [6.45, 7) is 1.52. The minimum atomic E-state index is -4.59. The molecule has 0 N–H and O–H groups in total. The minimum absolute atomic E-state index is 0.0574. The van der Waals surface area contributed by atoms with Crippen LogP contribution in [0.3, 0.4) is 0 Å². The molecule has 8 nitrogen and oxygen atoms in total. The maximum atomic E-state index is 13.4. The van der Waals surface area contributed by atoms with Gasteiger partial charge in [-0.05, 0) is 59.3 Å². The molecule has 202 valence electrons. The normalized spacial score (nSPS) is 12.5. The number of carbonyl (C=O) groups excluding carboxylic acids is 1. The first-order chi connectivity index (χ1) is 18.5. The molecule has 0 spiro atoms. The van der Waals surface area contributed by atoms with E-state index in [0.29, 0.717) is 15.6 Å². The van der Waals surface area contributed by atoms with Crippen molar-refractivity contribution in [2.45, 2.75) is 19.2 Å². The Morgan fingerprint density at radius 3 is 2.51 bits per heavy atom. The van der Waals surface area contributed by atoms with Gasteiger partial charge in [0.05, 0.1) is 36.9 Å². The summed E-state index contributed by atoms with van der Waals surface area (Å²) in [7, 11) is 2.65. The number of hydrogen-bond acceptors (Lipinski definition) is 7. The first-order valence-electron chi connectivity index (χ1n) is 11.4. The van der Waals surface area contributed by atoms with Gasteiger partial charge in [-0.25, -0.2) is 9.78 Å². The maximum absolute atomic E-state index is 13.4. The number of alkyl halides is 3. The van der Waals surface area contributed by atoms with Gasteiger partial charge in [0.15, 0.2) is 23.4 Å². The van der Waals surface area contributed by atoms with Gasteiger partial charge in [0, 0.05) is 15.6 Å². The average molecular weight is 604 g/mol. The number of carbonyl (C=O) groups is 1. The largest absolute Gasteiger partial charge is 0.493 e. The van der Waals surface area contributed by atoms with Crippen molar-refractivity contribution >= 4 is 39.0 Å². The van der Waals surface area contributed by atoms with Crippen molar-refractivity contribution < 1.29 is 32.2 Å². The van der Waals surface area contributed by atoms with Gasteiger partial charge in [0.25, 0.3) is 5.56 Å². The molecule has 3 aromatic carbocycles. The van der Waals surface area contributed by atoms with Crippen molar-refractivity contribution in [3.05, 3.63) is 86.6 Å². The first kappa shape index (κ1) is 27.8. The number of rotatable bonds is 7. The summed E-state index contributed by atoms with van der Waals surface area (Å²) in [5.74, 6) is -0.147. The van der Waals surface area contributed by atoms with Gasteiger partial charge in [-0.2, -0.15) is 22.9 Å². The Labute approximate surface area is 228 Å². The second-order valence-corrected chi connectivity index (χ2v) is 9.05. The lowest BCUT2D eigenvalue weighted by Crippen LogP contribution is -2.25. The van der Waals surface area contributed by atoms with Crippen molar-refractivity contribution in [1.29, 1.82) is 0 Å². The molecule has 12 heteroatoms. The molecular weight excluding hydrogens is 583 g/mol. The third kappa shape index (κ3) is 5.95. The van der Waals surface area contributed by atoms with Crippen LogP contribution in [-0.2, 0) is 15.7 Å². The van der Waals surface area contributed by atoms with E-state index in [0.717, 1.165) is 16.8 Å². The van der Waals surface area contributed by atoms with Crippen LogP contribution in [0, 0.1) is 0 Å². The van der Waals surface area contributed by atoms with Crippen LogP contribution in [0.1, 0.15) is 18.1 Å². The van der Waals surface area contributed by atoms with Gasteiger partial charge < -0.3 is 14.2 Å². The second kappa shape index (κ2) is 11.3. The number of hydrogen-bond donors (Lipinski definition) is 0. The summed E-state index contributed by atoms with van der Waals surface area (Å²) in [6, 6.07) is 14.1. The summed E-state index contributed by atoms with van der Waals surface area (Å²) in [4.78, 5) is 29.6. The average Bonchev–Trinajstić information content (AvgIpc) is 2.92. The Hall–Kier alpha value is -4.19. The third-order valence-corrected chi connectivity index (χ3v) is 6.32. The van der Waals surface area contributed by atoms with E-state index >= 15 is 0 Å². The zero-order chi connectivity index (χ0) is 28.3. The van der Waals surface area contributed by atoms with Crippen LogP contribution < -0.4 is 15.0 Å². The molecule has 4 rings (SSSR count). The third-order valence-electron chi connectivity index (χ3n) is 5.63. The SMILES string of the molecule is COC(=O)[C@@H](C)Oc1cc(Br)c(C=Nn2c(-c3cccc(C(F)(F)F)c3)nc3ccccc3c2=O)cc1OC. The molecule has 1 aromatic heterocycles. The molecule has 0 saturated heterocycles. The van der Waals surface area contributed by atoms with Crippen LogP contribution in [-0.4, -0.2) is 42.2 Å². The van der Waals surface area contributed by atoms with E-state index in [1.807, 2.05) is 0 Å². The number of benzene rings is 3. The number of halogens is 4. The molecule has 0 saturated carbocycles. The zero-order valence-electron chi connectivity index (χ0n) is 20.8. The first-order valence-corrected chi connectivity index (χ1v) is 12.2. The van der Waals surface area contributed by atoms with Gasteiger partial charge >= 0.3 is 12.1 Å². The Kier molecular flexibility index (Phi) is 8.05. The Morgan fingerprint density at radius 1 is 1.08 bits per heavy atom.